The number of hydrogen-bond donors (Lipinski definition) is 0. The molecule has 2 amide bonds. The Hall–Kier alpha value is -3.29. The maximum absolute atomic E-state index is 12.9. The number of rotatable bonds is 5. The first kappa shape index (κ1) is 18.5. The number of carbonyl (C=O) groups excluding carboxylic acids is 2. The number of amides is 2. The molecule has 0 bridgehead atoms. The summed E-state index contributed by atoms with van der Waals surface area (Å²) < 4.78 is 11.0. The number of likely N-dealkylation sites (N-methyl/N-ethyl adjacent to an activating group) is 1. The molecule has 2 heterocycles. The number of hydrogen-bond acceptors (Lipinski definition) is 5. The van der Waals surface area contributed by atoms with Gasteiger partial charge in [-0.2, -0.15) is 4.73 Å². The molecular weight excluding hydrogens is 350 g/mol. The van der Waals surface area contributed by atoms with Crippen molar-refractivity contribution in [3.05, 3.63) is 53.5 Å². The van der Waals surface area contributed by atoms with Crippen molar-refractivity contribution in [3.63, 3.8) is 0 Å². The molecule has 0 saturated carbocycles. The second-order valence-electron chi connectivity index (χ2n) is 6.19. The third kappa shape index (κ3) is 3.51. The Kier molecular flexibility index (Phi) is 5.16. The Morgan fingerprint density at radius 2 is 1.89 bits per heavy atom. The van der Waals surface area contributed by atoms with Gasteiger partial charge in [0.05, 0.1) is 19.9 Å². The lowest BCUT2D eigenvalue weighted by Gasteiger charge is -2.23. The van der Waals surface area contributed by atoms with Crippen LogP contribution in [0, 0.1) is 5.21 Å². The molecule has 1 unspecified atom stereocenters. The largest absolute Gasteiger partial charge is 0.618 e. The summed E-state index contributed by atoms with van der Waals surface area (Å²) in [5, 5.41) is 11.8. The minimum absolute atomic E-state index is 0.0192. The number of nitrogens with zero attached hydrogens (tertiary/aromatic N) is 3. The average molecular weight is 371 g/mol. The molecule has 0 radical (unpaired) electrons. The summed E-state index contributed by atoms with van der Waals surface area (Å²) in [6.45, 7) is 0.448. The third-order valence-corrected chi connectivity index (χ3v) is 4.66. The summed E-state index contributed by atoms with van der Waals surface area (Å²) in [6, 6.07) is 9.16. The molecule has 3 rings (SSSR count). The lowest BCUT2D eigenvalue weighted by atomic mass is 10.2. The van der Waals surface area contributed by atoms with Gasteiger partial charge in [-0.15, -0.1) is 0 Å². The predicted molar refractivity (Wildman–Crippen MR) is 97.8 cm³/mol. The van der Waals surface area contributed by atoms with Crippen molar-refractivity contribution >= 4 is 17.5 Å². The van der Waals surface area contributed by atoms with Gasteiger partial charge in [-0.05, 0) is 12.5 Å². The zero-order valence-electron chi connectivity index (χ0n) is 15.4. The Bertz CT molecular complexity index is 848. The summed E-state index contributed by atoms with van der Waals surface area (Å²) in [4.78, 5) is 28.5. The van der Waals surface area contributed by atoms with Crippen molar-refractivity contribution in [2.45, 2.75) is 12.5 Å². The highest BCUT2D eigenvalue weighted by molar-refractivity contribution is 6.03. The van der Waals surface area contributed by atoms with Crippen molar-refractivity contribution < 1.29 is 23.8 Å². The quantitative estimate of drug-likeness (QED) is 0.583. The molecule has 27 heavy (non-hydrogen) atoms. The molecule has 0 N–H and O–H groups in total. The number of aromatic nitrogens is 1. The molecule has 0 aliphatic carbocycles. The van der Waals surface area contributed by atoms with Crippen LogP contribution in [0.3, 0.4) is 0 Å². The van der Waals surface area contributed by atoms with Crippen LogP contribution >= 0.6 is 0 Å². The maximum Gasteiger partial charge on any atom is 0.320 e. The molecule has 142 valence electrons. The van der Waals surface area contributed by atoms with E-state index in [9.17, 15) is 14.8 Å². The monoisotopic (exact) mass is 371 g/mol. The van der Waals surface area contributed by atoms with E-state index >= 15 is 0 Å². The maximum atomic E-state index is 12.9. The van der Waals surface area contributed by atoms with Crippen molar-refractivity contribution in [1.82, 2.24) is 4.90 Å². The molecule has 1 atom stereocenters. The van der Waals surface area contributed by atoms with Gasteiger partial charge in [0.2, 0.25) is 5.91 Å². The van der Waals surface area contributed by atoms with Crippen LogP contribution < -0.4 is 19.1 Å². The van der Waals surface area contributed by atoms with Crippen LogP contribution in [-0.2, 0) is 4.79 Å². The molecule has 8 nitrogen and oxygen atoms in total. The zero-order valence-corrected chi connectivity index (χ0v) is 15.4. The van der Waals surface area contributed by atoms with E-state index in [2.05, 4.69) is 0 Å². The lowest BCUT2D eigenvalue weighted by Crippen LogP contribution is -2.47. The van der Waals surface area contributed by atoms with E-state index in [1.54, 1.807) is 35.2 Å². The molecule has 0 spiro atoms. The first-order valence-electron chi connectivity index (χ1n) is 8.46. The van der Waals surface area contributed by atoms with Crippen LogP contribution in [0.4, 0.5) is 5.69 Å². The number of methoxy groups -OCH3 is 2. The summed E-state index contributed by atoms with van der Waals surface area (Å²) in [5.74, 6) is 0.437. The summed E-state index contributed by atoms with van der Waals surface area (Å²) >= 11 is 0. The van der Waals surface area contributed by atoms with Gasteiger partial charge in [0.25, 0.3) is 5.69 Å². The van der Waals surface area contributed by atoms with Gasteiger partial charge in [0.15, 0.2) is 6.20 Å². The van der Waals surface area contributed by atoms with Crippen LogP contribution in [-0.4, -0.2) is 50.6 Å². The first-order chi connectivity index (χ1) is 13.0. The van der Waals surface area contributed by atoms with Gasteiger partial charge in [-0.3, -0.25) is 9.59 Å². The highest BCUT2D eigenvalue weighted by atomic mass is 16.5. The molecular formula is C19H21N3O5. The molecule has 1 aliphatic rings. The highest BCUT2D eigenvalue weighted by Gasteiger charge is 2.39. The first-order valence-corrected chi connectivity index (χ1v) is 8.46. The fourth-order valence-electron chi connectivity index (χ4n) is 3.14. The number of ether oxygens (including phenoxy) is 2. The van der Waals surface area contributed by atoms with Gasteiger partial charge < -0.3 is 24.5 Å². The number of pyridine rings is 1. The average Bonchev–Trinajstić information content (AvgIpc) is 3.08. The topological polar surface area (TPSA) is 86.0 Å². The molecule has 2 aromatic rings. The van der Waals surface area contributed by atoms with Gasteiger partial charge in [-0.1, -0.05) is 0 Å². The zero-order chi connectivity index (χ0) is 19.6. The van der Waals surface area contributed by atoms with Crippen LogP contribution in [0.2, 0.25) is 0 Å². The Balaban J connectivity index is 1.82. The third-order valence-electron chi connectivity index (χ3n) is 4.66. The summed E-state index contributed by atoms with van der Waals surface area (Å²) in [5.41, 5.74) is 0.618. The molecule has 1 aliphatic heterocycles. The summed E-state index contributed by atoms with van der Waals surface area (Å²) in [6.07, 6.45) is 1.72. The molecule has 8 heteroatoms. The lowest BCUT2D eigenvalue weighted by molar-refractivity contribution is -0.608. The normalized spacial score (nSPS) is 16.3. The smallest absolute Gasteiger partial charge is 0.320 e. The second kappa shape index (κ2) is 7.53. The predicted octanol–water partition coefficient (Wildman–Crippen LogP) is 1.21. The van der Waals surface area contributed by atoms with Crippen molar-refractivity contribution in [1.29, 1.82) is 0 Å². The molecule has 1 aromatic heterocycles. The van der Waals surface area contributed by atoms with Crippen molar-refractivity contribution in [2.24, 2.45) is 0 Å². The molecule has 1 saturated heterocycles. The van der Waals surface area contributed by atoms with E-state index in [0.29, 0.717) is 34.9 Å². The van der Waals surface area contributed by atoms with E-state index in [1.807, 2.05) is 0 Å². The van der Waals surface area contributed by atoms with Gasteiger partial charge in [0, 0.05) is 43.9 Å². The van der Waals surface area contributed by atoms with Gasteiger partial charge in [-0.25, -0.2) is 0 Å². The van der Waals surface area contributed by atoms with Crippen molar-refractivity contribution in [3.8, 4) is 11.5 Å². The summed E-state index contributed by atoms with van der Waals surface area (Å²) in [7, 11) is 4.61. The van der Waals surface area contributed by atoms with Crippen LogP contribution in [0.25, 0.3) is 0 Å². The standard InChI is InChI=1S/C19H21N3O5/c1-20(18(23)17-6-4-5-8-22(17)25)16-7-9-21(19(16)24)13-10-14(26-2)12-15(11-13)27-3/h4-6,8,10-12,16H,7,9H2,1-3H3. The van der Waals surface area contributed by atoms with E-state index in [1.165, 1.54) is 38.4 Å². The minimum atomic E-state index is -0.644. The SMILES string of the molecule is COc1cc(OC)cc(N2CCC(N(C)C(=O)c3cccc[n+]3[O-])C2=O)c1. The van der Waals surface area contributed by atoms with E-state index < -0.39 is 11.9 Å². The Labute approximate surface area is 157 Å². The van der Waals surface area contributed by atoms with Crippen LogP contribution in [0.5, 0.6) is 11.5 Å². The Morgan fingerprint density at radius 3 is 2.48 bits per heavy atom. The number of anilines is 1. The van der Waals surface area contributed by atoms with E-state index in [-0.39, 0.29) is 11.6 Å². The van der Waals surface area contributed by atoms with Crippen molar-refractivity contribution in [2.75, 3.05) is 32.7 Å². The minimum Gasteiger partial charge on any atom is -0.618 e. The van der Waals surface area contributed by atoms with Crippen LogP contribution in [0.1, 0.15) is 16.9 Å². The van der Waals surface area contributed by atoms with Crippen LogP contribution in [0.15, 0.2) is 42.6 Å². The van der Waals surface area contributed by atoms with E-state index in [0.717, 1.165) is 0 Å². The fraction of sp³-hybridized carbons (Fsp3) is 0.316. The highest BCUT2D eigenvalue weighted by Crippen LogP contribution is 2.31. The molecule has 1 fully saturated rings. The number of carbonyl (C=O) groups is 2. The van der Waals surface area contributed by atoms with E-state index in [4.69, 9.17) is 9.47 Å². The van der Waals surface area contributed by atoms with Gasteiger partial charge in [0.1, 0.15) is 17.5 Å². The fourth-order valence-corrected chi connectivity index (χ4v) is 3.14. The second-order valence-corrected chi connectivity index (χ2v) is 6.19. The van der Waals surface area contributed by atoms with Gasteiger partial charge >= 0.3 is 5.91 Å². The molecule has 1 aromatic carbocycles. The Morgan fingerprint density at radius 1 is 1.22 bits per heavy atom. The number of benzene rings is 1.